The van der Waals surface area contributed by atoms with Crippen molar-refractivity contribution in [1.29, 1.82) is 0 Å². The smallest absolute Gasteiger partial charge is 0.330 e. The third-order valence-electron chi connectivity index (χ3n) is 7.15. The fraction of sp³-hybridized carbons (Fsp3) is 0.122. The van der Waals surface area contributed by atoms with Crippen molar-refractivity contribution in [3.05, 3.63) is 156 Å². The Labute approximate surface area is 296 Å². The molecule has 0 spiro atoms. The largest absolute Gasteiger partial charge is 0.462 e. The second kappa shape index (κ2) is 19.4. The first-order chi connectivity index (χ1) is 24.7. The number of ether oxygens (including phenoxy) is 4. The van der Waals surface area contributed by atoms with E-state index in [1.165, 1.54) is 36.5 Å². The van der Waals surface area contributed by atoms with Gasteiger partial charge in [0.15, 0.2) is 0 Å². The van der Waals surface area contributed by atoms with Crippen LogP contribution in [0.5, 0.6) is 0 Å². The lowest BCUT2D eigenvalue weighted by Gasteiger charge is -2.31. The highest BCUT2D eigenvalue weighted by atomic mass is 16.6. The Morgan fingerprint density at radius 1 is 0.431 bits per heavy atom. The standard InChI is InChI=1S/C41H38N2O8/c42-35-15-7-13-33(25-35)19-23-39(46)50-29-41(27-48-37(44)21-17-31-9-3-1-4-10-31,28-49-38(45)22-18-32-11-5-2-6-12-32)30-51-40(47)24-20-34-14-8-16-36(43)26-34/h1-26H,27-30,42-43H2/b21-17+,22-18+,23-19+,24-20+. The number of hydrogen-bond acceptors (Lipinski definition) is 10. The number of carbonyl (C=O) groups excluding carboxylic acids is 4. The van der Waals surface area contributed by atoms with Crippen LogP contribution in [0.15, 0.2) is 133 Å². The minimum Gasteiger partial charge on any atom is -0.462 e. The first kappa shape index (κ1) is 37.1. The molecule has 0 unspecified atom stereocenters. The third-order valence-corrected chi connectivity index (χ3v) is 7.15. The van der Waals surface area contributed by atoms with E-state index in [2.05, 4.69) is 0 Å². The van der Waals surface area contributed by atoms with Crippen LogP contribution in [0.25, 0.3) is 24.3 Å². The predicted molar refractivity (Wildman–Crippen MR) is 197 cm³/mol. The van der Waals surface area contributed by atoms with Crippen LogP contribution in [-0.2, 0) is 38.1 Å². The molecule has 0 aliphatic heterocycles. The van der Waals surface area contributed by atoms with E-state index < -0.39 is 55.7 Å². The van der Waals surface area contributed by atoms with Crippen LogP contribution in [0.1, 0.15) is 22.3 Å². The normalized spacial score (nSPS) is 11.6. The van der Waals surface area contributed by atoms with Crippen LogP contribution in [0.4, 0.5) is 11.4 Å². The molecular formula is C41H38N2O8. The average Bonchev–Trinajstić information content (AvgIpc) is 3.15. The fourth-order valence-electron chi connectivity index (χ4n) is 4.45. The first-order valence-electron chi connectivity index (χ1n) is 15.9. The summed E-state index contributed by atoms with van der Waals surface area (Å²) in [7, 11) is 0. The van der Waals surface area contributed by atoms with Gasteiger partial charge in [-0.25, -0.2) is 19.2 Å². The Morgan fingerprint density at radius 2 is 0.725 bits per heavy atom. The minimum atomic E-state index is -1.51. The number of rotatable bonds is 16. The molecule has 10 heteroatoms. The molecule has 0 saturated heterocycles. The highest BCUT2D eigenvalue weighted by Crippen LogP contribution is 2.23. The average molecular weight is 687 g/mol. The van der Waals surface area contributed by atoms with Gasteiger partial charge in [0, 0.05) is 35.7 Å². The predicted octanol–water partition coefficient (Wildman–Crippen LogP) is 6.16. The molecule has 51 heavy (non-hydrogen) atoms. The second-order valence-electron chi connectivity index (χ2n) is 11.4. The lowest BCUT2D eigenvalue weighted by molar-refractivity contribution is -0.164. The summed E-state index contributed by atoms with van der Waals surface area (Å²) in [5, 5.41) is 0. The molecule has 0 heterocycles. The van der Waals surface area contributed by atoms with Gasteiger partial charge < -0.3 is 30.4 Å². The Hall–Kier alpha value is -6.68. The van der Waals surface area contributed by atoms with E-state index in [4.69, 9.17) is 30.4 Å². The molecule has 0 aliphatic carbocycles. The molecule has 0 saturated carbocycles. The molecule has 0 fully saturated rings. The number of benzene rings is 4. The zero-order chi connectivity index (χ0) is 36.3. The summed E-state index contributed by atoms with van der Waals surface area (Å²) in [4.78, 5) is 51.4. The van der Waals surface area contributed by atoms with E-state index in [0.29, 0.717) is 22.5 Å². The zero-order valence-corrected chi connectivity index (χ0v) is 27.8. The molecule has 4 rings (SSSR count). The maximum Gasteiger partial charge on any atom is 0.330 e. The summed E-state index contributed by atoms with van der Waals surface area (Å²) in [5.41, 5.74) is 14.0. The van der Waals surface area contributed by atoms with E-state index >= 15 is 0 Å². The number of nitrogens with two attached hydrogens (primary N) is 2. The van der Waals surface area contributed by atoms with E-state index in [1.807, 2.05) is 60.7 Å². The van der Waals surface area contributed by atoms with Crippen molar-refractivity contribution in [3.8, 4) is 0 Å². The molecule has 0 aliphatic rings. The Kier molecular flexibility index (Phi) is 14.1. The highest BCUT2D eigenvalue weighted by molar-refractivity contribution is 5.89. The van der Waals surface area contributed by atoms with E-state index in [0.717, 1.165) is 11.1 Å². The fourth-order valence-corrected chi connectivity index (χ4v) is 4.45. The van der Waals surface area contributed by atoms with Crippen molar-refractivity contribution in [2.75, 3.05) is 37.9 Å². The van der Waals surface area contributed by atoms with Gasteiger partial charge in [0.05, 0.1) is 0 Å². The van der Waals surface area contributed by atoms with Crippen LogP contribution in [0.3, 0.4) is 0 Å². The molecule has 4 N–H and O–H groups in total. The minimum absolute atomic E-state index is 0.445. The molecule has 0 aromatic heterocycles. The lowest BCUT2D eigenvalue weighted by atomic mass is 9.92. The number of nitrogen functional groups attached to an aromatic ring is 2. The van der Waals surface area contributed by atoms with Gasteiger partial charge in [0.25, 0.3) is 0 Å². The van der Waals surface area contributed by atoms with Crippen molar-refractivity contribution in [1.82, 2.24) is 0 Å². The first-order valence-corrected chi connectivity index (χ1v) is 15.9. The number of esters is 4. The van der Waals surface area contributed by atoms with Gasteiger partial charge in [0.1, 0.15) is 31.8 Å². The van der Waals surface area contributed by atoms with E-state index in [1.54, 1.807) is 60.7 Å². The third kappa shape index (κ3) is 13.8. The van der Waals surface area contributed by atoms with Crippen LogP contribution >= 0.6 is 0 Å². The van der Waals surface area contributed by atoms with E-state index in [9.17, 15) is 19.2 Å². The van der Waals surface area contributed by atoms with Crippen LogP contribution < -0.4 is 11.5 Å². The van der Waals surface area contributed by atoms with Gasteiger partial charge >= 0.3 is 23.9 Å². The van der Waals surface area contributed by atoms with Crippen LogP contribution in [0.2, 0.25) is 0 Å². The van der Waals surface area contributed by atoms with Gasteiger partial charge in [0.2, 0.25) is 0 Å². The molecular weight excluding hydrogens is 648 g/mol. The second-order valence-corrected chi connectivity index (χ2v) is 11.4. The molecule has 0 bridgehead atoms. The van der Waals surface area contributed by atoms with E-state index in [-0.39, 0.29) is 0 Å². The van der Waals surface area contributed by atoms with Crippen molar-refractivity contribution in [2.24, 2.45) is 5.41 Å². The van der Waals surface area contributed by atoms with Gasteiger partial charge in [-0.2, -0.15) is 0 Å². The maximum absolute atomic E-state index is 12.9. The Balaban J connectivity index is 1.54. The summed E-state index contributed by atoms with van der Waals surface area (Å²) in [6.45, 7) is -1.80. The number of hydrogen-bond donors (Lipinski definition) is 2. The number of anilines is 2. The highest BCUT2D eigenvalue weighted by Gasteiger charge is 2.37. The van der Waals surface area contributed by atoms with Gasteiger partial charge in [-0.1, -0.05) is 84.9 Å². The summed E-state index contributed by atoms with van der Waals surface area (Å²) in [5.74, 6) is -2.95. The van der Waals surface area contributed by atoms with Gasteiger partial charge in [-0.3, -0.25) is 0 Å². The molecule has 4 aromatic rings. The molecule has 10 nitrogen and oxygen atoms in total. The molecule has 0 radical (unpaired) electrons. The summed E-state index contributed by atoms with van der Waals surface area (Å²) < 4.78 is 22.2. The maximum atomic E-state index is 12.9. The summed E-state index contributed by atoms with van der Waals surface area (Å²) in [6.07, 6.45) is 11.0. The van der Waals surface area contributed by atoms with Crippen molar-refractivity contribution >= 4 is 59.6 Å². The van der Waals surface area contributed by atoms with Crippen molar-refractivity contribution in [3.63, 3.8) is 0 Å². The molecule has 0 amide bonds. The summed E-state index contributed by atoms with van der Waals surface area (Å²) in [6, 6.07) is 32.0. The van der Waals surface area contributed by atoms with Crippen molar-refractivity contribution < 1.29 is 38.1 Å². The monoisotopic (exact) mass is 686 g/mol. The Morgan fingerprint density at radius 3 is 1.04 bits per heavy atom. The quantitative estimate of drug-likeness (QED) is 0.0605. The summed E-state index contributed by atoms with van der Waals surface area (Å²) >= 11 is 0. The van der Waals surface area contributed by atoms with Gasteiger partial charge in [-0.05, 0) is 70.8 Å². The topological polar surface area (TPSA) is 157 Å². The number of carbonyl (C=O) groups is 4. The Bertz CT molecular complexity index is 1760. The lowest BCUT2D eigenvalue weighted by Crippen LogP contribution is -2.43. The van der Waals surface area contributed by atoms with Crippen LogP contribution in [0, 0.1) is 5.41 Å². The van der Waals surface area contributed by atoms with Gasteiger partial charge in [-0.15, -0.1) is 0 Å². The molecule has 0 atom stereocenters. The molecule has 4 aromatic carbocycles. The SMILES string of the molecule is Nc1cccc(/C=C/C(=O)OCC(COC(=O)/C=C/c2ccccc2)(COC(=O)/C=C/c2ccccc2)COC(=O)/C=C/c2cccc(N)c2)c1. The zero-order valence-electron chi connectivity index (χ0n) is 27.8. The van der Waals surface area contributed by atoms with Crippen molar-refractivity contribution in [2.45, 2.75) is 0 Å². The molecule has 260 valence electrons. The van der Waals surface area contributed by atoms with Crippen LogP contribution in [-0.4, -0.2) is 50.3 Å².